The molecule has 1 rings (SSSR count). The van der Waals surface area contributed by atoms with Crippen LogP contribution in [0.15, 0.2) is 4.99 Å². The molecular weight excluding hydrogens is 204 g/mol. The van der Waals surface area contributed by atoms with Crippen LogP contribution in [-0.4, -0.2) is 56.8 Å². The number of guanidine groups is 1. The maximum Gasteiger partial charge on any atom is 0.188 e. The van der Waals surface area contributed by atoms with E-state index in [-0.39, 0.29) is 0 Å². The van der Waals surface area contributed by atoms with Crippen molar-refractivity contribution in [2.24, 2.45) is 10.7 Å². The summed E-state index contributed by atoms with van der Waals surface area (Å²) in [4.78, 5) is 6.69. The third-order valence-electron chi connectivity index (χ3n) is 2.96. The van der Waals surface area contributed by atoms with Gasteiger partial charge in [-0.2, -0.15) is 0 Å². The summed E-state index contributed by atoms with van der Waals surface area (Å²) in [5.74, 6) is 0.507. The molecule has 5 heteroatoms. The van der Waals surface area contributed by atoms with Crippen LogP contribution in [-0.2, 0) is 4.74 Å². The van der Waals surface area contributed by atoms with Crippen molar-refractivity contribution in [3.05, 3.63) is 0 Å². The smallest absolute Gasteiger partial charge is 0.188 e. The number of nitrogens with zero attached hydrogens (tertiary/aromatic N) is 2. The number of hydrogen-bond acceptors (Lipinski definition) is 3. The minimum absolute atomic E-state index is 0.454. The van der Waals surface area contributed by atoms with Crippen LogP contribution in [0.3, 0.4) is 0 Å². The van der Waals surface area contributed by atoms with E-state index in [1.54, 1.807) is 7.11 Å². The monoisotopic (exact) mass is 228 g/mol. The highest BCUT2D eigenvalue weighted by Gasteiger charge is 2.28. The van der Waals surface area contributed by atoms with Crippen LogP contribution >= 0.6 is 0 Å². The van der Waals surface area contributed by atoms with Gasteiger partial charge in [0.1, 0.15) is 0 Å². The third kappa shape index (κ3) is 4.81. The molecule has 1 aliphatic carbocycles. The molecule has 0 aromatic rings. The van der Waals surface area contributed by atoms with Crippen LogP contribution < -0.4 is 11.1 Å². The number of nitrogens with two attached hydrogens (primary N) is 1. The minimum atomic E-state index is 0.454. The predicted octanol–water partition coefficient (Wildman–Crippen LogP) is 0.0198. The lowest BCUT2D eigenvalue weighted by Crippen LogP contribution is -2.37. The Balaban J connectivity index is 2.17. The van der Waals surface area contributed by atoms with Crippen molar-refractivity contribution >= 4 is 5.96 Å². The van der Waals surface area contributed by atoms with Gasteiger partial charge in [-0.15, -0.1) is 0 Å². The van der Waals surface area contributed by atoms with E-state index in [0.717, 1.165) is 12.6 Å². The Kier molecular flexibility index (Phi) is 5.55. The second-order valence-corrected chi connectivity index (χ2v) is 4.39. The Morgan fingerprint density at radius 2 is 2.31 bits per heavy atom. The molecule has 0 spiro atoms. The largest absolute Gasteiger partial charge is 0.383 e. The number of rotatable bonds is 7. The Morgan fingerprint density at radius 3 is 2.88 bits per heavy atom. The molecule has 0 heterocycles. The highest BCUT2D eigenvalue weighted by atomic mass is 16.5. The third-order valence-corrected chi connectivity index (χ3v) is 2.96. The van der Waals surface area contributed by atoms with Gasteiger partial charge in [0.15, 0.2) is 5.96 Å². The zero-order valence-electron chi connectivity index (χ0n) is 10.6. The molecule has 1 atom stereocenters. The average molecular weight is 228 g/mol. The summed E-state index contributed by atoms with van der Waals surface area (Å²) >= 11 is 0. The number of aliphatic imine (C=N–C) groups is 1. The molecule has 0 aliphatic heterocycles. The zero-order valence-corrected chi connectivity index (χ0v) is 10.6. The van der Waals surface area contributed by atoms with Gasteiger partial charge in [-0.1, -0.05) is 0 Å². The van der Waals surface area contributed by atoms with Gasteiger partial charge in [0.05, 0.1) is 13.2 Å². The van der Waals surface area contributed by atoms with Gasteiger partial charge in [0.2, 0.25) is 0 Å². The Bertz CT molecular complexity index is 228. The van der Waals surface area contributed by atoms with Crippen LogP contribution in [0.4, 0.5) is 0 Å². The van der Waals surface area contributed by atoms with Gasteiger partial charge < -0.3 is 15.8 Å². The van der Waals surface area contributed by atoms with Crippen molar-refractivity contribution in [1.29, 1.82) is 0 Å². The maximum absolute atomic E-state index is 5.72. The van der Waals surface area contributed by atoms with Gasteiger partial charge in [-0.25, -0.2) is 0 Å². The molecule has 0 saturated heterocycles. The predicted molar refractivity (Wildman–Crippen MR) is 66.6 cm³/mol. The first-order chi connectivity index (χ1) is 7.65. The molecular formula is C11H24N4O. The first kappa shape index (κ1) is 13.3. The second-order valence-electron chi connectivity index (χ2n) is 4.39. The van der Waals surface area contributed by atoms with Crippen LogP contribution in [0.25, 0.3) is 0 Å². The topological polar surface area (TPSA) is 62.9 Å². The number of nitrogens with one attached hydrogen (secondary N) is 1. The van der Waals surface area contributed by atoms with E-state index in [2.05, 4.69) is 29.2 Å². The fraction of sp³-hybridized carbons (Fsp3) is 0.909. The van der Waals surface area contributed by atoms with Crippen molar-refractivity contribution < 1.29 is 4.74 Å². The summed E-state index contributed by atoms with van der Waals surface area (Å²) < 4.78 is 4.91. The Morgan fingerprint density at radius 1 is 1.62 bits per heavy atom. The molecule has 0 unspecified atom stereocenters. The van der Waals surface area contributed by atoms with Crippen LogP contribution in [0.1, 0.15) is 19.8 Å². The fourth-order valence-electron chi connectivity index (χ4n) is 1.54. The summed E-state index contributed by atoms with van der Waals surface area (Å²) in [5.41, 5.74) is 5.72. The molecule has 5 nitrogen and oxygen atoms in total. The molecule has 16 heavy (non-hydrogen) atoms. The lowest BCUT2D eigenvalue weighted by molar-refractivity contribution is 0.203. The van der Waals surface area contributed by atoms with Crippen molar-refractivity contribution in [2.75, 3.05) is 33.9 Å². The first-order valence-corrected chi connectivity index (χ1v) is 5.89. The second kappa shape index (κ2) is 6.70. The number of ether oxygens (including phenoxy) is 1. The number of methoxy groups -OCH3 is 1. The van der Waals surface area contributed by atoms with Gasteiger partial charge >= 0.3 is 0 Å². The molecule has 0 aromatic carbocycles. The Labute approximate surface area is 98.0 Å². The van der Waals surface area contributed by atoms with Gasteiger partial charge in [0, 0.05) is 25.7 Å². The van der Waals surface area contributed by atoms with E-state index in [1.807, 2.05) is 0 Å². The molecule has 0 bridgehead atoms. The summed E-state index contributed by atoms with van der Waals surface area (Å²) in [5, 5.41) is 3.01. The van der Waals surface area contributed by atoms with Crippen molar-refractivity contribution in [1.82, 2.24) is 10.2 Å². The van der Waals surface area contributed by atoms with Crippen molar-refractivity contribution in [3.8, 4) is 0 Å². The van der Waals surface area contributed by atoms with Crippen LogP contribution in [0.5, 0.6) is 0 Å². The standard InChI is InChI=1S/C11H24N4O/c1-9(15(2)10-4-5-10)8-14-11(12)13-6-7-16-3/h9-10H,4-8H2,1-3H3,(H3,12,13,14)/t9-/m1/s1. The van der Waals surface area contributed by atoms with Gasteiger partial charge in [-0.05, 0) is 26.8 Å². The molecule has 0 amide bonds. The quantitative estimate of drug-likeness (QED) is 0.366. The normalized spacial score (nSPS) is 18.9. The van der Waals surface area contributed by atoms with Gasteiger partial charge in [0.25, 0.3) is 0 Å². The van der Waals surface area contributed by atoms with Crippen molar-refractivity contribution in [2.45, 2.75) is 31.8 Å². The van der Waals surface area contributed by atoms with E-state index < -0.39 is 0 Å². The van der Waals surface area contributed by atoms with Gasteiger partial charge in [-0.3, -0.25) is 9.89 Å². The molecule has 1 fully saturated rings. The van der Waals surface area contributed by atoms with Crippen LogP contribution in [0, 0.1) is 0 Å². The lowest BCUT2D eigenvalue weighted by atomic mass is 10.3. The van der Waals surface area contributed by atoms with E-state index >= 15 is 0 Å². The summed E-state index contributed by atoms with van der Waals surface area (Å²) in [6.07, 6.45) is 2.65. The average Bonchev–Trinajstić information content (AvgIpc) is 3.09. The Hall–Kier alpha value is -0.810. The number of hydrogen-bond donors (Lipinski definition) is 2. The molecule has 0 radical (unpaired) electrons. The highest BCUT2D eigenvalue weighted by molar-refractivity contribution is 5.77. The summed E-state index contributed by atoms with van der Waals surface area (Å²) in [7, 11) is 3.83. The summed E-state index contributed by atoms with van der Waals surface area (Å²) in [6, 6.07) is 1.23. The van der Waals surface area contributed by atoms with E-state index in [9.17, 15) is 0 Å². The minimum Gasteiger partial charge on any atom is -0.383 e. The highest BCUT2D eigenvalue weighted by Crippen LogP contribution is 2.26. The number of likely N-dealkylation sites (N-methyl/N-ethyl adjacent to an activating group) is 1. The van der Waals surface area contributed by atoms with E-state index in [0.29, 0.717) is 25.2 Å². The molecule has 0 aromatic heterocycles. The zero-order chi connectivity index (χ0) is 12.0. The van der Waals surface area contributed by atoms with E-state index in [4.69, 9.17) is 10.5 Å². The fourth-order valence-corrected chi connectivity index (χ4v) is 1.54. The van der Waals surface area contributed by atoms with Crippen LogP contribution in [0.2, 0.25) is 0 Å². The summed E-state index contributed by atoms with van der Waals surface area (Å²) in [6.45, 7) is 4.29. The van der Waals surface area contributed by atoms with Crippen molar-refractivity contribution in [3.63, 3.8) is 0 Å². The maximum atomic E-state index is 5.72. The molecule has 94 valence electrons. The first-order valence-electron chi connectivity index (χ1n) is 5.89. The molecule has 1 saturated carbocycles. The van der Waals surface area contributed by atoms with E-state index in [1.165, 1.54) is 12.8 Å². The SMILES string of the molecule is COCCNC(N)=NC[C@@H](C)N(C)C1CC1. The molecule has 3 N–H and O–H groups in total. The lowest BCUT2D eigenvalue weighted by Gasteiger charge is -2.22. The molecule has 1 aliphatic rings.